The van der Waals surface area contributed by atoms with Crippen LogP contribution in [0.3, 0.4) is 0 Å². The zero-order chi connectivity index (χ0) is 17.9. The fourth-order valence-corrected chi connectivity index (χ4v) is 4.66. The molecule has 0 aliphatic carbocycles. The first kappa shape index (κ1) is 17.0. The van der Waals surface area contributed by atoms with E-state index in [1.54, 1.807) is 24.5 Å². The smallest absolute Gasteiger partial charge is 0.411 e. The van der Waals surface area contributed by atoms with E-state index in [2.05, 4.69) is 40.2 Å². The van der Waals surface area contributed by atoms with Gasteiger partial charge in [0.15, 0.2) is 0 Å². The molecule has 1 N–H and O–H groups in total. The van der Waals surface area contributed by atoms with Crippen molar-refractivity contribution in [2.24, 2.45) is 5.92 Å². The Labute approximate surface area is 154 Å². The van der Waals surface area contributed by atoms with Crippen molar-refractivity contribution in [3.8, 4) is 0 Å². The van der Waals surface area contributed by atoms with E-state index < -0.39 is 6.09 Å². The van der Waals surface area contributed by atoms with E-state index >= 15 is 0 Å². The normalized spacial score (nSPS) is 25.2. The van der Waals surface area contributed by atoms with Crippen molar-refractivity contribution in [2.45, 2.75) is 44.3 Å². The number of pyridine rings is 1. The molecule has 2 aliphatic rings. The molecule has 2 saturated heterocycles. The largest absolute Gasteiger partial charge is 0.465 e. The highest BCUT2D eigenvalue weighted by atomic mass is 16.4. The van der Waals surface area contributed by atoms with Crippen LogP contribution in [0.25, 0.3) is 0 Å². The molecule has 2 aliphatic heterocycles. The molecule has 136 valence electrons. The maximum absolute atomic E-state index is 11.8. The van der Waals surface area contributed by atoms with Crippen molar-refractivity contribution in [3.63, 3.8) is 0 Å². The van der Waals surface area contributed by atoms with Crippen molar-refractivity contribution < 1.29 is 9.90 Å². The molecule has 2 bridgehead atoms. The van der Waals surface area contributed by atoms with E-state index in [1.165, 1.54) is 23.3 Å². The molecule has 5 heteroatoms. The highest BCUT2D eigenvalue weighted by Gasteiger charge is 2.41. The third kappa shape index (κ3) is 3.58. The Morgan fingerprint density at radius 3 is 2.35 bits per heavy atom. The first-order valence-corrected chi connectivity index (χ1v) is 9.41. The average molecular weight is 351 g/mol. The lowest BCUT2D eigenvalue weighted by atomic mass is 9.89. The third-order valence-electron chi connectivity index (χ3n) is 5.84. The zero-order valence-electron chi connectivity index (χ0n) is 14.9. The number of aromatic nitrogens is 1. The molecular weight excluding hydrogens is 326 g/mol. The van der Waals surface area contributed by atoms with Crippen LogP contribution in [-0.2, 0) is 6.54 Å². The molecule has 3 heterocycles. The summed E-state index contributed by atoms with van der Waals surface area (Å²) in [5.74, 6) is 0.420. The monoisotopic (exact) mass is 351 g/mol. The SMILES string of the molecule is O=C(O)N(CC1C[C@H]2CC[C@@H](C1)N2Cc1ccccc1)c1ccncc1. The molecule has 3 atom stereocenters. The van der Waals surface area contributed by atoms with Gasteiger partial charge < -0.3 is 5.11 Å². The number of nitrogens with zero attached hydrogens (tertiary/aromatic N) is 3. The van der Waals surface area contributed by atoms with Crippen molar-refractivity contribution in [2.75, 3.05) is 11.4 Å². The topological polar surface area (TPSA) is 56.7 Å². The number of fused-ring (bicyclic) bond motifs is 2. The molecule has 1 aromatic carbocycles. The van der Waals surface area contributed by atoms with Crippen molar-refractivity contribution in [1.29, 1.82) is 0 Å². The van der Waals surface area contributed by atoms with Gasteiger partial charge in [-0.2, -0.15) is 0 Å². The van der Waals surface area contributed by atoms with Gasteiger partial charge in [-0.25, -0.2) is 4.79 Å². The fourth-order valence-electron chi connectivity index (χ4n) is 4.66. The summed E-state index contributed by atoms with van der Waals surface area (Å²) in [6.07, 6.45) is 7.05. The standard InChI is InChI=1S/C21H25N3O2/c25-21(26)24(18-8-10-22-11-9-18)15-17-12-19-6-7-20(13-17)23(19)14-16-4-2-1-3-5-16/h1-5,8-11,17,19-20H,6-7,12-15H2,(H,25,26)/t17?,19-,20+. The number of benzene rings is 1. The molecule has 5 nitrogen and oxygen atoms in total. The molecular formula is C21H25N3O2. The summed E-state index contributed by atoms with van der Waals surface area (Å²) in [7, 11) is 0. The molecule has 2 aromatic rings. The Morgan fingerprint density at radius 2 is 1.73 bits per heavy atom. The maximum atomic E-state index is 11.8. The van der Waals surface area contributed by atoms with Crippen LogP contribution in [0.2, 0.25) is 0 Å². The van der Waals surface area contributed by atoms with E-state index in [1.807, 2.05) is 0 Å². The van der Waals surface area contributed by atoms with Gasteiger partial charge >= 0.3 is 6.09 Å². The van der Waals surface area contributed by atoms with E-state index in [0.29, 0.717) is 30.2 Å². The summed E-state index contributed by atoms with van der Waals surface area (Å²) in [4.78, 5) is 19.9. The minimum Gasteiger partial charge on any atom is -0.465 e. The zero-order valence-corrected chi connectivity index (χ0v) is 14.9. The van der Waals surface area contributed by atoms with Crippen LogP contribution in [0.4, 0.5) is 10.5 Å². The average Bonchev–Trinajstić information content (AvgIpc) is 2.89. The molecule has 2 fully saturated rings. The van der Waals surface area contributed by atoms with Crippen LogP contribution in [0.15, 0.2) is 54.9 Å². The first-order valence-electron chi connectivity index (χ1n) is 9.41. The van der Waals surface area contributed by atoms with E-state index in [4.69, 9.17) is 0 Å². The van der Waals surface area contributed by atoms with Crippen LogP contribution < -0.4 is 4.90 Å². The highest BCUT2D eigenvalue weighted by Crippen LogP contribution is 2.40. The number of piperidine rings is 1. The molecule has 0 radical (unpaired) electrons. The van der Waals surface area contributed by atoms with Crippen molar-refractivity contribution >= 4 is 11.8 Å². The molecule has 0 saturated carbocycles. The summed E-state index contributed by atoms with van der Waals surface area (Å²) >= 11 is 0. The quantitative estimate of drug-likeness (QED) is 0.884. The predicted molar refractivity (Wildman–Crippen MR) is 101 cm³/mol. The number of carboxylic acid groups (broad SMARTS) is 1. The number of anilines is 1. The molecule has 0 spiro atoms. The lowest BCUT2D eigenvalue weighted by molar-refractivity contribution is 0.0976. The van der Waals surface area contributed by atoms with E-state index in [-0.39, 0.29) is 0 Å². The fraction of sp³-hybridized carbons (Fsp3) is 0.429. The molecule has 1 amide bonds. The Bertz CT molecular complexity index is 723. The van der Waals surface area contributed by atoms with Crippen LogP contribution in [-0.4, -0.2) is 39.7 Å². The third-order valence-corrected chi connectivity index (χ3v) is 5.84. The molecule has 4 rings (SSSR count). The highest BCUT2D eigenvalue weighted by molar-refractivity contribution is 5.85. The predicted octanol–water partition coefficient (Wildman–Crippen LogP) is 4.01. The molecule has 1 aromatic heterocycles. The second-order valence-corrected chi connectivity index (χ2v) is 7.48. The lowest BCUT2D eigenvalue weighted by Gasteiger charge is -2.40. The second kappa shape index (κ2) is 7.46. The summed E-state index contributed by atoms with van der Waals surface area (Å²) in [6, 6.07) is 15.3. The molecule has 1 unspecified atom stereocenters. The van der Waals surface area contributed by atoms with Gasteiger partial charge in [0.25, 0.3) is 0 Å². The number of hydrogen-bond acceptors (Lipinski definition) is 3. The van der Waals surface area contributed by atoms with Gasteiger partial charge in [0.2, 0.25) is 0 Å². The van der Waals surface area contributed by atoms with Crippen molar-refractivity contribution in [1.82, 2.24) is 9.88 Å². The van der Waals surface area contributed by atoms with Gasteiger partial charge in [0.1, 0.15) is 0 Å². The van der Waals surface area contributed by atoms with Gasteiger partial charge in [-0.1, -0.05) is 30.3 Å². The van der Waals surface area contributed by atoms with Crippen LogP contribution in [0.5, 0.6) is 0 Å². The van der Waals surface area contributed by atoms with Gasteiger partial charge in [0.05, 0.1) is 5.69 Å². The summed E-state index contributed by atoms with van der Waals surface area (Å²) < 4.78 is 0. The number of hydrogen-bond donors (Lipinski definition) is 1. The van der Waals surface area contributed by atoms with Crippen LogP contribution in [0.1, 0.15) is 31.2 Å². The minimum absolute atomic E-state index is 0.420. The van der Waals surface area contributed by atoms with E-state index in [9.17, 15) is 9.90 Å². The lowest BCUT2D eigenvalue weighted by Crippen LogP contribution is -2.46. The van der Waals surface area contributed by atoms with Gasteiger partial charge in [-0.15, -0.1) is 0 Å². The summed E-state index contributed by atoms with van der Waals surface area (Å²) in [5, 5.41) is 9.65. The Morgan fingerprint density at radius 1 is 1.08 bits per heavy atom. The number of rotatable bonds is 5. The Balaban J connectivity index is 1.42. The number of carbonyl (C=O) groups is 1. The van der Waals surface area contributed by atoms with Gasteiger partial charge in [0, 0.05) is 37.6 Å². The van der Waals surface area contributed by atoms with Crippen molar-refractivity contribution in [3.05, 3.63) is 60.4 Å². The molecule has 26 heavy (non-hydrogen) atoms. The second-order valence-electron chi connectivity index (χ2n) is 7.48. The van der Waals surface area contributed by atoms with Crippen LogP contribution >= 0.6 is 0 Å². The van der Waals surface area contributed by atoms with Gasteiger partial charge in [-0.05, 0) is 49.3 Å². The van der Waals surface area contributed by atoms with Crippen LogP contribution in [0, 0.1) is 5.92 Å². The number of amides is 1. The first-order chi connectivity index (χ1) is 12.7. The summed E-state index contributed by atoms with van der Waals surface area (Å²) in [5.41, 5.74) is 2.08. The summed E-state index contributed by atoms with van der Waals surface area (Å²) in [6.45, 7) is 1.58. The van der Waals surface area contributed by atoms with E-state index in [0.717, 1.165) is 19.4 Å². The maximum Gasteiger partial charge on any atom is 0.411 e. The van der Waals surface area contributed by atoms with Gasteiger partial charge in [-0.3, -0.25) is 14.8 Å². The minimum atomic E-state index is -0.879. The Kier molecular flexibility index (Phi) is 4.89. The Hall–Kier alpha value is -2.40.